The van der Waals surface area contributed by atoms with E-state index < -0.39 is 0 Å². The monoisotopic (exact) mass is 507 g/mol. The number of guanidine groups is 1. The fourth-order valence-corrected chi connectivity index (χ4v) is 2.58. The minimum Gasteiger partial charge on any atom is -0.493 e. The van der Waals surface area contributed by atoms with Crippen LogP contribution in [0.25, 0.3) is 0 Å². The van der Waals surface area contributed by atoms with E-state index in [2.05, 4.69) is 15.6 Å². The van der Waals surface area contributed by atoms with Crippen molar-refractivity contribution in [2.75, 3.05) is 34.4 Å². The highest BCUT2D eigenvalue weighted by atomic mass is 127. The number of carbonyl (C=O) groups is 1. The molecule has 7 nitrogen and oxygen atoms in total. The quantitative estimate of drug-likeness (QED) is 0.148. The fourth-order valence-electron chi connectivity index (χ4n) is 2.58. The van der Waals surface area contributed by atoms with Crippen molar-refractivity contribution in [2.24, 2.45) is 4.99 Å². The third kappa shape index (κ3) is 10.6. The maximum Gasteiger partial charge on any atom is 0.305 e. The Bertz CT molecular complexity index is 597. The lowest BCUT2D eigenvalue weighted by Crippen LogP contribution is -2.37. The Morgan fingerprint density at radius 2 is 1.75 bits per heavy atom. The van der Waals surface area contributed by atoms with Crippen molar-refractivity contribution in [3.63, 3.8) is 0 Å². The van der Waals surface area contributed by atoms with Gasteiger partial charge in [0.15, 0.2) is 17.5 Å². The van der Waals surface area contributed by atoms with E-state index in [0.717, 1.165) is 43.8 Å². The van der Waals surface area contributed by atoms with Crippen molar-refractivity contribution in [3.05, 3.63) is 23.8 Å². The molecule has 0 aromatic heterocycles. The number of aliphatic imine (C=N–C) groups is 1. The molecule has 0 atom stereocenters. The summed E-state index contributed by atoms with van der Waals surface area (Å²) < 4.78 is 15.5. The van der Waals surface area contributed by atoms with Crippen LogP contribution in [-0.2, 0) is 16.1 Å². The van der Waals surface area contributed by atoms with E-state index in [4.69, 9.17) is 14.2 Å². The molecule has 0 aliphatic rings. The first-order valence-electron chi connectivity index (χ1n) is 9.45. The number of carbonyl (C=O) groups excluding carboxylic acids is 1. The van der Waals surface area contributed by atoms with Crippen LogP contribution in [0.3, 0.4) is 0 Å². The first-order chi connectivity index (χ1) is 13.1. The molecule has 2 N–H and O–H groups in total. The Morgan fingerprint density at radius 1 is 1.04 bits per heavy atom. The molecule has 0 heterocycles. The number of hydrogen-bond donors (Lipinski definition) is 2. The molecule has 8 heteroatoms. The van der Waals surface area contributed by atoms with Crippen LogP contribution in [0, 0.1) is 0 Å². The Balaban J connectivity index is 0.00000729. The van der Waals surface area contributed by atoms with Crippen LogP contribution in [0.15, 0.2) is 23.2 Å². The van der Waals surface area contributed by atoms with E-state index in [0.29, 0.717) is 31.1 Å². The Morgan fingerprint density at radius 3 is 2.39 bits per heavy atom. The van der Waals surface area contributed by atoms with E-state index in [1.165, 1.54) is 0 Å². The zero-order valence-corrected chi connectivity index (χ0v) is 19.7. The second-order valence-corrected chi connectivity index (χ2v) is 6.01. The molecule has 0 unspecified atom stereocenters. The molecule has 0 spiro atoms. The molecule has 0 saturated heterocycles. The standard InChI is InChI=1S/C20H33N3O4.HI/c1-5-27-19(24)10-8-6-7-9-13-22-20(21-2)23-15-16-11-12-17(25-3)18(14-16)26-4;/h11-12,14H,5-10,13,15H2,1-4H3,(H2,21,22,23);1H. The molecule has 0 saturated carbocycles. The van der Waals surface area contributed by atoms with E-state index >= 15 is 0 Å². The first-order valence-corrected chi connectivity index (χ1v) is 9.45. The maximum atomic E-state index is 11.3. The van der Waals surface area contributed by atoms with Gasteiger partial charge in [-0.3, -0.25) is 9.79 Å². The predicted molar refractivity (Wildman–Crippen MR) is 123 cm³/mol. The fraction of sp³-hybridized carbons (Fsp3) is 0.600. The summed E-state index contributed by atoms with van der Waals surface area (Å²) in [6.07, 6.45) is 4.51. The van der Waals surface area contributed by atoms with Gasteiger partial charge < -0.3 is 24.8 Å². The smallest absolute Gasteiger partial charge is 0.305 e. The van der Waals surface area contributed by atoms with Gasteiger partial charge in [-0.1, -0.05) is 18.9 Å². The number of unbranched alkanes of at least 4 members (excludes halogenated alkanes) is 3. The number of halogens is 1. The number of nitrogens with zero attached hydrogens (tertiary/aromatic N) is 1. The predicted octanol–water partition coefficient (Wildman–Crippen LogP) is 3.50. The summed E-state index contributed by atoms with van der Waals surface area (Å²) in [5, 5.41) is 6.59. The van der Waals surface area contributed by atoms with Crippen LogP contribution in [-0.4, -0.2) is 46.3 Å². The van der Waals surface area contributed by atoms with Gasteiger partial charge in [0.2, 0.25) is 0 Å². The summed E-state index contributed by atoms with van der Waals surface area (Å²) in [4.78, 5) is 15.5. The van der Waals surface area contributed by atoms with Crippen molar-refractivity contribution in [3.8, 4) is 11.5 Å². The average Bonchev–Trinajstić information content (AvgIpc) is 2.69. The Kier molecular flexibility index (Phi) is 15.3. The topological polar surface area (TPSA) is 81.2 Å². The van der Waals surface area contributed by atoms with Crippen molar-refractivity contribution in [2.45, 2.75) is 45.6 Å². The van der Waals surface area contributed by atoms with Crippen LogP contribution in [0.2, 0.25) is 0 Å². The van der Waals surface area contributed by atoms with E-state index in [1.54, 1.807) is 21.3 Å². The molecule has 28 heavy (non-hydrogen) atoms. The number of methoxy groups -OCH3 is 2. The Hall–Kier alpha value is -1.71. The third-order valence-electron chi connectivity index (χ3n) is 4.04. The highest BCUT2D eigenvalue weighted by Crippen LogP contribution is 2.27. The summed E-state index contributed by atoms with van der Waals surface area (Å²) in [6.45, 7) is 3.76. The van der Waals surface area contributed by atoms with E-state index in [-0.39, 0.29) is 29.9 Å². The lowest BCUT2D eigenvalue weighted by Gasteiger charge is -2.13. The lowest BCUT2D eigenvalue weighted by molar-refractivity contribution is -0.143. The van der Waals surface area contributed by atoms with Crippen LogP contribution < -0.4 is 20.1 Å². The van der Waals surface area contributed by atoms with Gasteiger partial charge in [-0.25, -0.2) is 0 Å². The number of esters is 1. The van der Waals surface area contributed by atoms with Crippen LogP contribution in [0.1, 0.15) is 44.6 Å². The van der Waals surface area contributed by atoms with Gasteiger partial charge in [-0.15, -0.1) is 24.0 Å². The molecule has 0 aliphatic heterocycles. The third-order valence-corrected chi connectivity index (χ3v) is 4.04. The number of benzene rings is 1. The van der Waals surface area contributed by atoms with Crippen molar-refractivity contribution < 1.29 is 19.0 Å². The Labute approximate surface area is 185 Å². The minimum absolute atomic E-state index is 0. The molecule has 160 valence electrons. The number of ether oxygens (including phenoxy) is 3. The van der Waals surface area contributed by atoms with Crippen molar-refractivity contribution in [1.29, 1.82) is 0 Å². The second kappa shape index (κ2) is 16.3. The van der Waals surface area contributed by atoms with Gasteiger partial charge in [-0.2, -0.15) is 0 Å². The lowest BCUT2D eigenvalue weighted by atomic mass is 10.1. The molecule has 0 amide bonds. The maximum absolute atomic E-state index is 11.3. The SMILES string of the molecule is CCOC(=O)CCCCCCNC(=NC)NCc1ccc(OC)c(OC)c1.I. The average molecular weight is 507 g/mol. The molecule has 0 bridgehead atoms. The highest BCUT2D eigenvalue weighted by Gasteiger charge is 2.05. The van der Waals surface area contributed by atoms with Crippen molar-refractivity contribution >= 4 is 35.9 Å². The van der Waals surface area contributed by atoms with Crippen LogP contribution >= 0.6 is 24.0 Å². The van der Waals surface area contributed by atoms with Gasteiger partial charge in [0.05, 0.1) is 20.8 Å². The van der Waals surface area contributed by atoms with E-state index in [9.17, 15) is 4.79 Å². The summed E-state index contributed by atoms with van der Waals surface area (Å²) in [6, 6.07) is 5.83. The van der Waals surface area contributed by atoms with Gasteiger partial charge in [0.1, 0.15) is 0 Å². The molecule has 1 aromatic rings. The zero-order valence-electron chi connectivity index (χ0n) is 17.4. The van der Waals surface area contributed by atoms with Crippen LogP contribution in [0.4, 0.5) is 0 Å². The van der Waals surface area contributed by atoms with Crippen molar-refractivity contribution in [1.82, 2.24) is 10.6 Å². The molecule has 0 fully saturated rings. The second-order valence-electron chi connectivity index (χ2n) is 6.01. The molecular formula is C20H34IN3O4. The number of rotatable bonds is 12. The van der Waals surface area contributed by atoms with Gasteiger partial charge in [0.25, 0.3) is 0 Å². The molecule has 0 radical (unpaired) electrons. The molecule has 1 rings (SSSR count). The van der Waals surface area contributed by atoms with Gasteiger partial charge in [-0.05, 0) is 37.5 Å². The summed E-state index contributed by atoms with van der Waals surface area (Å²) in [7, 11) is 5.00. The molecule has 1 aromatic carbocycles. The highest BCUT2D eigenvalue weighted by molar-refractivity contribution is 14.0. The van der Waals surface area contributed by atoms with E-state index in [1.807, 2.05) is 25.1 Å². The zero-order chi connectivity index (χ0) is 19.9. The largest absolute Gasteiger partial charge is 0.493 e. The number of hydrogen-bond acceptors (Lipinski definition) is 5. The summed E-state index contributed by atoms with van der Waals surface area (Å²) >= 11 is 0. The van der Waals surface area contributed by atoms with Gasteiger partial charge >= 0.3 is 5.97 Å². The van der Waals surface area contributed by atoms with Crippen LogP contribution in [0.5, 0.6) is 11.5 Å². The number of nitrogens with one attached hydrogen (secondary N) is 2. The first kappa shape index (κ1) is 26.3. The van der Waals surface area contributed by atoms with Gasteiger partial charge in [0, 0.05) is 26.6 Å². The summed E-state index contributed by atoms with van der Waals surface area (Å²) in [5.41, 5.74) is 1.08. The normalized spacial score (nSPS) is 10.6. The minimum atomic E-state index is -0.101. The summed E-state index contributed by atoms with van der Waals surface area (Å²) in [5.74, 6) is 2.08. The molecular weight excluding hydrogens is 473 g/mol. The molecule has 0 aliphatic carbocycles.